The highest BCUT2D eigenvalue weighted by Crippen LogP contribution is 2.71. The zero-order chi connectivity index (χ0) is 31.3. The highest BCUT2D eigenvalue weighted by atomic mass is 32.2. The van der Waals surface area contributed by atoms with Crippen molar-refractivity contribution < 1.29 is 19.5 Å². The summed E-state index contributed by atoms with van der Waals surface area (Å²) in [5.41, 5.74) is 1.80. The number of anilines is 1. The Balaban J connectivity index is 1.52. The highest BCUT2D eigenvalue weighted by Gasteiger charge is 2.77. The molecule has 8 heteroatoms. The van der Waals surface area contributed by atoms with Gasteiger partial charge < -0.3 is 19.8 Å². The van der Waals surface area contributed by atoms with Gasteiger partial charge in [0, 0.05) is 43.2 Å². The van der Waals surface area contributed by atoms with Crippen LogP contribution in [0.25, 0.3) is 0 Å². The Kier molecular flexibility index (Phi) is 10.0. The molecule has 1 N–H and O–H groups in total. The summed E-state index contributed by atoms with van der Waals surface area (Å²) >= 11 is 1.71. The standard InChI is InChI=1S/C36H45N3O4S/c1-4-22-37(26-27-16-10-8-11-17-27)34(43)31-36-21-20-35(3,44-36)29(30(36)33(42)39(31)24-14-6-7-15-25-40)32(41)38(23-5-2)28-18-12-9-13-19-28/h4-5,8-13,16-19,29-31,40H,1-2,6-7,14-15,20-26H2,3H3/t29-,30-,31?,35+,36?/m0/s1. The normalized spacial score (nSPS) is 26.8. The summed E-state index contributed by atoms with van der Waals surface area (Å²) in [6.45, 7) is 11.7. The minimum absolute atomic E-state index is 0.0733. The molecule has 0 aliphatic carbocycles. The average Bonchev–Trinajstić information content (AvgIpc) is 3.60. The molecule has 44 heavy (non-hydrogen) atoms. The van der Waals surface area contributed by atoms with Crippen molar-refractivity contribution >= 4 is 35.2 Å². The number of unbranched alkanes of at least 4 members (excludes halogenated alkanes) is 3. The number of hydrogen-bond donors (Lipinski definition) is 1. The van der Waals surface area contributed by atoms with E-state index in [4.69, 9.17) is 0 Å². The zero-order valence-electron chi connectivity index (χ0n) is 25.8. The Morgan fingerprint density at radius 1 is 0.955 bits per heavy atom. The number of carbonyl (C=O) groups is 3. The third-order valence-electron chi connectivity index (χ3n) is 9.61. The summed E-state index contributed by atoms with van der Waals surface area (Å²) in [6, 6.07) is 18.8. The first-order valence-electron chi connectivity index (χ1n) is 15.8. The Morgan fingerprint density at radius 3 is 2.27 bits per heavy atom. The lowest BCUT2D eigenvalue weighted by Crippen LogP contribution is -2.55. The van der Waals surface area contributed by atoms with Crippen LogP contribution in [0.2, 0.25) is 0 Å². The predicted molar refractivity (Wildman–Crippen MR) is 177 cm³/mol. The topological polar surface area (TPSA) is 81.2 Å². The minimum Gasteiger partial charge on any atom is -0.396 e. The number of nitrogens with zero attached hydrogens (tertiary/aromatic N) is 3. The molecule has 1 spiro atoms. The number of aliphatic hydroxyl groups excluding tert-OH is 1. The molecule has 2 aromatic rings. The molecule has 2 bridgehead atoms. The monoisotopic (exact) mass is 615 g/mol. The zero-order valence-corrected chi connectivity index (χ0v) is 26.6. The van der Waals surface area contributed by atoms with E-state index in [1.54, 1.807) is 28.8 Å². The maximum atomic E-state index is 14.7. The fourth-order valence-electron chi connectivity index (χ4n) is 7.66. The molecular formula is C36H45N3O4S. The summed E-state index contributed by atoms with van der Waals surface area (Å²) < 4.78 is -1.14. The van der Waals surface area contributed by atoms with Crippen molar-refractivity contribution in [1.82, 2.24) is 9.80 Å². The maximum Gasteiger partial charge on any atom is 0.247 e. The maximum absolute atomic E-state index is 14.7. The van der Waals surface area contributed by atoms with Crippen molar-refractivity contribution in [2.24, 2.45) is 11.8 Å². The molecule has 3 aliphatic rings. The van der Waals surface area contributed by atoms with Crippen molar-refractivity contribution in [1.29, 1.82) is 0 Å². The van der Waals surface area contributed by atoms with E-state index >= 15 is 0 Å². The van der Waals surface area contributed by atoms with Gasteiger partial charge in [-0.25, -0.2) is 0 Å². The number of likely N-dealkylation sites (tertiary alicyclic amines) is 1. The van der Waals surface area contributed by atoms with E-state index in [1.807, 2.05) is 70.5 Å². The van der Waals surface area contributed by atoms with E-state index < -0.39 is 27.4 Å². The molecule has 3 amide bonds. The van der Waals surface area contributed by atoms with Gasteiger partial charge in [0.05, 0.1) is 16.6 Å². The number of benzene rings is 2. The molecule has 234 valence electrons. The second kappa shape index (κ2) is 13.7. The van der Waals surface area contributed by atoms with Crippen molar-refractivity contribution in [3.63, 3.8) is 0 Å². The van der Waals surface area contributed by atoms with E-state index in [9.17, 15) is 19.5 Å². The summed E-state index contributed by atoms with van der Waals surface area (Å²) in [5.74, 6) is -1.36. The van der Waals surface area contributed by atoms with Crippen molar-refractivity contribution in [2.45, 2.75) is 67.5 Å². The largest absolute Gasteiger partial charge is 0.396 e. The fraction of sp³-hybridized carbons (Fsp3) is 0.472. The van der Waals surface area contributed by atoms with Gasteiger partial charge in [-0.1, -0.05) is 73.5 Å². The third kappa shape index (κ3) is 5.86. The Hall–Kier alpha value is -3.36. The van der Waals surface area contributed by atoms with Gasteiger partial charge in [0.1, 0.15) is 6.04 Å². The molecule has 0 aromatic heterocycles. The van der Waals surface area contributed by atoms with Crippen LogP contribution >= 0.6 is 11.8 Å². The minimum atomic E-state index is -0.680. The molecule has 2 unspecified atom stereocenters. The number of rotatable bonds is 15. The summed E-state index contributed by atoms with van der Waals surface area (Å²) in [6.07, 6.45) is 8.13. The first-order chi connectivity index (χ1) is 21.3. The Labute approximate surface area is 266 Å². The predicted octanol–water partition coefficient (Wildman–Crippen LogP) is 5.45. The van der Waals surface area contributed by atoms with Crippen LogP contribution in [0.4, 0.5) is 5.69 Å². The summed E-state index contributed by atoms with van der Waals surface area (Å²) in [4.78, 5) is 49.3. The number of thioether (sulfide) groups is 1. The molecule has 5 atom stereocenters. The number of carbonyl (C=O) groups excluding carboxylic acids is 3. The molecule has 3 fully saturated rings. The SMILES string of the molecule is C=CCN(Cc1ccccc1)C(=O)C1N(CCCCCCO)C(=O)[C@@H]2[C@@H](C(=O)N(CC=C)c3ccccc3)[C@@]3(C)CCC12S3. The van der Waals surface area contributed by atoms with Gasteiger partial charge in [-0.15, -0.1) is 24.9 Å². The van der Waals surface area contributed by atoms with Crippen molar-refractivity contribution in [3.05, 3.63) is 91.5 Å². The van der Waals surface area contributed by atoms with E-state index in [1.165, 1.54) is 0 Å². The molecule has 0 radical (unpaired) electrons. The van der Waals surface area contributed by atoms with Gasteiger partial charge in [0.2, 0.25) is 17.7 Å². The fourth-order valence-corrected chi connectivity index (χ4v) is 10.0. The molecule has 3 heterocycles. The molecule has 2 aromatic carbocycles. The van der Waals surface area contributed by atoms with Gasteiger partial charge in [0.15, 0.2) is 0 Å². The Morgan fingerprint density at radius 2 is 1.61 bits per heavy atom. The van der Waals surface area contributed by atoms with Gasteiger partial charge in [-0.05, 0) is 50.3 Å². The van der Waals surface area contributed by atoms with E-state index in [-0.39, 0.29) is 24.3 Å². The number of amides is 3. The lowest BCUT2D eigenvalue weighted by Gasteiger charge is -2.38. The van der Waals surface area contributed by atoms with Crippen LogP contribution in [0.5, 0.6) is 0 Å². The number of fused-ring (bicyclic) bond motifs is 1. The molecule has 5 rings (SSSR count). The quantitative estimate of drug-likeness (QED) is 0.213. The van der Waals surface area contributed by atoms with Gasteiger partial charge in [0.25, 0.3) is 0 Å². The van der Waals surface area contributed by atoms with Crippen LogP contribution < -0.4 is 4.90 Å². The Bertz CT molecular complexity index is 1350. The van der Waals surface area contributed by atoms with Crippen molar-refractivity contribution in [2.75, 3.05) is 31.1 Å². The first kappa shape index (κ1) is 32.0. The summed E-state index contributed by atoms with van der Waals surface area (Å²) in [7, 11) is 0. The van der Waals surface area contributed by atoms with E-state index in [2.05, 4.69) is 20.1 Å². The van der Waals surface area contributed by atoms with Crippen LogP contribution in [-0.2, 0) is 20.9 Å². The third-order valence-corrected chi connectivity index (χ3v) is 11.6. The van der Waals surface area contributed by atoms with Crippen LogP contribution in [0.1, 0.15) is 51.0 Å². The number of aliphatic hydroxyl groups is 1. The molecule has 3 saturated heterocycles. The lowest BCUT2D eigenvalue weighted by molar-refractivity contribution is -0.143. The van der Waals surface area contributed by atoms with Crippen LogP contribution in [0.15, 0.2) is 86.0 Å². The highest BCUT2D eigenvalue weighted by molar-refractivity contribution is 8.02. The molecule has 7 nitrogen and oxygen atoms in total. The van der Waals surface area contributed by atoms with Crippen molar-refractivity contribution in [3.8, 4) is 0 Å². The van der Waals surface area contributed by atoms with Crippen LogP contribution in [0, 0.1) is 11.8 Å². The molecule has 3 aliphatic heterocycles. The van der Waals surface area contributed by atoms with E-state index in [0.717, 1.165) is 43.4 Å². The van der Waals surface area contributed by atoms with E-state index in [0.29, 0.717) is 32.6 Å². The molecule has 0 saturated carbocycles. The van der Waals surface area contributed by atoms with Gasteiger partial charge in [-0.2, -0.15) is 0 Å². The lowest BCUT2D eigenvalue weighted by atomic mass is 9.66. The number of hydrogen-bond acceptors (Lipinski definition) is 5. The summed E-state index contributed by atoms with van der Waals surface area (Å²) in [5, 5.41) is 9.25. The van der Waals surface area contributed by atoms with Crippen LogP contribution in [-0.4, -0.2) is 74.4 Å². The second-order valence-electron chi connectivity index (χ2n) is 12.5. The van der Waals surface area contributed by atoms with Crippen LogP contribution in [0.3, 0.4) is 0 Å². The molecular weight excluding hydrogens is 570 g/mol. The second-order valence-corrected chi connectivity index (χ2v) is 14.4. The smallest absolute Gasteiger partial charge is 0.247 e. The average molecular weight is 616 g/mol. The number of para-hydroxylation sites is 1. The van der Waals surface area contributed by atoms with Gasteiger partial charge >= 0.3 is 0 Å². The first-order valence-corrected chi connectivity index (χ1v) is 16.7. The van der Waals surface area contributed by atoms with Gasteiger partial charge in [-0.3, -0.25) is 14.4 Å².